The van der Waals surface area contributed by atoms with Crippen LogP contribution in [0.25, 0.3) is 0 Å². The molecule has 1 aliphatic heterocycles. The lowest BCUT2D eigenvalue weighted by molar-refractivity contribution is -0.131. The lowest BCUT2D eigenvalue weighted by Gasteiger charge is -2.26. The topological polar surface area (TPSA) is 64.4 Å². The van der Waals surface area contributed by atoms with Crippen LogP contribution >= 0.6 is 0 Å². The van der Waals surface area contributed by atoms with Crippen molar-refractivity contribution in [2.75, 3.05) is 24.5 Å². The number of hydrogen-bond acceptors (Lipinski definition) is 3. The Morgan fingerprint density at radius 2 is 1.73 bits per heavy atom. The van der Waals surface area contributed by atoms with Crippen molar-refractivity contribution in [3.63, 3.8) is 0 Å². The number of anilines is 1. The van der Waals surface area contributed by atoms with Crippen LogP contribution in [0, 0.1) is 11.3 Å². The van der Waals surface area contributed by atoms with Crippen molar-refractivity contribution in [1.82, 2.24) is 4.90 Å². The van der Waals surface area contributed by atoms with Gasteiger partial charge >= 0.3 is 0 Å². The molecule has 0 bridgehead atoms. The lowest BCUT2D eigenvalue weighted by atomic mass is 10.2. The van der Waals surface area contributed by atoms with Crippen LogP contribution in [0.3, 0.4) is 0 Å². The highest BCUT2D eigenvalue weighted by molar-refractivity contribution is 5.97. The first kappa shape index (κ1) is 16.0. The zero-order chi connectivity index (χ0) is 15.9. The van der Waals surface area contributed by atoms with Gasteiger partial charge in [-0.2, -0.15) is 5.26 Å². The molecular weight excluding hydrogens is 278 g/mol. The van der Waals surface area contributed by atoms with Crippen LogP contribution in [0.5, 0.6) is 0 Å². The van der Waals surface area contributed by atoms with Crippen molar-refractivity contribution in [2.24, 2.45) is 0 Å². The normalized spacial score (nSPS) is 14.8. The first-order valence-corrected chi connectivity index (χ1v) is 7.68. The maximum atomic E-state index is 12.4. The number of nitrogens with zero attached hydrogens (tertiary/aromatic N) is 3. The molecule has 2 rings (SSSR count). The van der Waals surface area contributed by atoms with E-state index >= 15 is 0 Å². The van der Waals surface area contributed by atoms with Gasteiger partial charge in [0.05, 0.1) is 11.6 Å². The minimum absolute atomic E-state index is 0.0125. The van der Waals surface area contributed by atoms with E-state index in [0.29, 0.717) is 11.3 Å². The van der Waals surface area contributed by atoms with Crippen LogP contribution in [-0.2, 0) is 9.59 Å². The summed E-state index contributed by atoms with van der Waals surface area (Å²) >= 11 is 0. The Labute approximate surface area is 131 Å². The van der Waals surface area contributed by atoms with E-state index in [1.54, 1.807) is 24.3 Å². The molecule has 0 spiro atoms. The van der Waals surface area contributed by atoms with Gasteiger partial charge in [-0.25, -0.2) is 0 Å². The molecule has 116 valence electrons. The predicted octanol–water partition coefficient (Wildman–Crippen LogP) is 2.31. The summed E-state index contributed by atoms with van der Waals surface area (Å²) < 4.78 is 0. The van der Waals surface area contributed by atoms with Gasteiger partial charge in [-0.05, 0) is 37.1 Å². The fourth-order valence-corrected chi connectivity index (χ4v) is 2.66. The highest BCUT2D eigenvalue weighted by Gasteiger charge is 2.21. The molecule has 1 aromatic carbocycles. The number of benzene rings is 1. The molecule has 0 aromatic heterocycles. The van der Waals surface area contributed by atoms with E-state index < -0.39 is 0 Å². The molecule has 1 aliphatic rings. The number of carbonyl (C=O) groups excluding carboxylic acids is 2. The van der Waals surface area contributed by atoms with Gasteiger partial charge in [-0.3, -0.25) is 9.59 Å². The Hall–Kier alpha value is -2.35. The van der Waals surface area contributed by atoms with Crippen molar-refractivity contribution in [3.8, 4) is 6.07 Å². The average Bonchev–Trinajstić information content (AvgIpc) is 2.81. The first-order valence-electron chi connectivity index (χ1n) is 7.68. The Morgan fingerprint density at radius 3 is 2.23 bits per heavy atom. The van der Waals surface area contributed by atoms with Crippen molar-refractivity contribution in [2.45, 2.75) is 32.6 Å². The summed E-state index contributed by atoms with van der Waals surface area (Å²) in [5, 5.41) is 8.83. The van der Waals surface area contributed by atoms with E-state index in [9.17, 15) is 9.59 Å². The summed E-state index contributed by atoms with van der Waals surface area (Å²) in [5.74, 6) is -0.186. The molecule has 0 aliphatic carbocycles. The van der Waals surface area contributed by atoms with Gasteiger partial charge < -0.3 is 9.80 Å². The molecule has 1 heterocycles. The van der Waals surface area contributed by atoms with Gasteiger partial charge in [0.25, 0.3) is 0 Å². The summed E-state index contributed by atoms with van der Waals surface area (Å²) in [6.45, 7) is 3.06. The van der Waals surface area contributed by atoms with Crippen LogP contribution in [-0.4, -0.2) is 36.3 Å². The second-order valence-corrected chi connectivity index (χ2v) is 5.56. The molecule has 0 unspecified atom stereocenters. The molecule has 1 saturated heterocycles. The lowest BCUT2D eigenvalue weighted by Crippen LogP contribution is -2.42. The largest absolute Gasteiger partial charge is 0.341 e. The summed E-state index contributed by atoms with van der Waals surface area (Å²) in [6.07, 6.45) is 4.39. The average molecular weight is 299 g/mol. The maximum Gasteiger partial charge on any atom is 0.242 e. The molecule has 1 aromatic rings. The van der Waals surface area contributed by atoms with E-state index in [1.807, 2.05) is 11.0 Å². The van der Waals surface area contributed by atoms with E-state index in [2.05, 4.69) is 0 Å². The fraction of sp³-hybridized carbons (Fsp3) is 0.471. The predicted molar refractivity (Wildman–Crippen MR) is 84.2 cm³/mol. The van der Waals surface area contributed by atoms with Gasteiger partial charge in [0, 0.05) is 25.7 Å². The highest BCUT2D eigenvalue weighted by Crippen LogP contribution is 2.17. The standard InChI is InChI=1S/C17H21N3O2/c1-14(21)20(16-8-6-15(12-18)7-9-16)13-17(22)19-10-4-2-3-5-11-19/h6-9H,2-5,10-11,13H2,1H3. The number of hydrogen-bond donors (Lipinski definition) is 0. The fourth-order valence-electron chi connectivity index (χ4n) is 2.66. The molecule has 0 saturated carbocycles. The minimum Gasteiger partial charge on any atom is -0.341 e. The smallest absolute Gasteiger partial charge is 0.242 e. The van der Waals surface area contributed by atoms with Crippen LogP contribution in [0.4, 0.5) is 5.69 Å². The van der Waals surface area contributed by atoms with E-state index in [0.717, 1.165) is 38.8 Å². The zero-order valence-corrected chi connectivity index (χ0v) is 12.9. The van der Waals surface area contributed by atoms with Gasteiger partial charge in [-0.1, -0.05) is 12.8 Å². The third-order valence-electron chi connectivity index (χ3n) is 3.94. The molecule has 2 amide bonds. The second-order valence-electron chi connectivity index (χ2n) is 5.56. The Kier molecular flexibility index (Phi) is 5.54. The number of carbonyl (C=O) groups is 2. The van der Waals surface area contributed by atoms with E-state index in [4.69, 9.17) is 5.26 Å². The van der Waals surface area contributed by atoms with Gasteiger partial charge in [0.2, 0.25) is 11.8 Å². The SMILES string of the molecule is CC(=O)N(CC(=O)N1CCCCCC1)c1ccc(C#N)cc1. The second kappa shape index (κ2) is 7.60. The summed E-state index contributed by atoms with van der Waals surface area (Å²) in [7, 11) is 0. The molecule has 5 heteroatoms. The summed E-state index contributed by atoms with van der Waals surface area (Å²) in [6, 6.07) is 8.76. The molecule has 0 radical (unpaired) electrons. The van der Waals surface area contributed by atoms with Crippen LogP contribution < -0.4 is 4.90 Å². The van der Waals surface area contributed by atoms with Crippen molar-refractivity contribution >= 4 is 17.5 Å². The Morgan fingerprint density at radius 1 is 1.14 bits per heavy atom. The number of amides is 2. The molecule has 0 atom stereocenters. The van der Waals surface area contributed by atoms with Gasteiger partial charge in [0.1, 0.15) is 6.54 Å². The highest BCUT2D eigenvalue weighted by atomic mass is 16.2. The molecule has 1 fully saturated rings. The van der Waals surface area contributed by atoms with Crippen LogP contribution in [0.1, 0.15) is 38.2 Å². The van der Waals surface area contributed by atoms with Crippen LogP contribution in [0.15, 0.2) is 24.3 Å². The van der Waals surface area contributed by atoms with Crippen molar-refractivity contribution in [1.29, 1.82) is 5.26 Å². The third-order valence-corrected chi connectivity index (χ3v) is 3.94. The molecule has 0 N–H and O–H groups in total. The third kappa shape index (κ3) is 4.08. The Balaban J connectivity index is 2.09. The summed E-state index contributed by atoms with van der Waals surface area (Å²) in [5.41, 5.74) is 1.18. The number of rotatable bonds is 3. The maximum absolute atomic E-state index is 12.4. The summed E-state index contributed by atoms with van der Waals surface area (Å²) in [4.78, 5) is 27.6. The van der Waals surface area contributed by atoms with Crippen LogP contribution in [0.2, 0.25) is 0 Å². The first-order chi connectivity index (χ1) is 10.6. The number of nitriles is 1. The molecule has 5 nitrogen and oxygen atoms in total. The van der Waals surface area contributed by atoms with Gasteiger partial charge in [-0.15, -0.1) is 0 Å². The zero-order valence-electron chi connectivity index (χ0n) is 12.9. The van der Waals surface area contributed by atoms with Crippen molar-refractivity contribution in [3.05, 3.63) is 29.8 Å². The van der Waals surface area contributed by atoms with E-state index in [-0.39, 0.29) is 18.4 Å². The molecule has 22 heavy (non-hydrogen) atoms. The quantitative estimate of drug-likeness (QED) is 0.860. The monoisotopic (exact) mass is 299 g/mol. The van der Waals surface area contributed by atoms with Crippen molar-refractivity contribution < 1.29 is 9.59 Å². The number of likely N-dealkylation sites (tertiary alicyclic amines) is 1. The minimum atomic E-state index is -0.173. The van der Waals surface area contributed by atoms with E-state index in [1.165, 1.54) is 11.8 Å². The Bertz CT molecular complexity index is 567. The van der Waals surface area contributed by atoms with Gasteiger partial charge in [0.15, 0.2) is 0 Å². The molecular formula is C17H21N3O2.